The summed E-state index contributed by atoms with van der Waals surface area (Å²) in [6, 6.07) is 7.80. The molecule has 1 heterocycles. The number of para-hydroxylation sites is 1. The Balaban J connectivity index is 2.30. The van der Waals surface area contributed by atoms with Gasteiger partial charge in [0.1, 0.15) is 5.75 Å². The van der Waals surface area contributed by atoms with Crippen molar-refractivity contribution >= 4 is 27.8 Å². The number of amides is 2. The highest BCUT2D eigenvalue weighted by Crippen LogP contribution is 2.26. The van der Waals surface area contributed by atoms with Crippen LogP contribution < -0.4 is 10.1 Å². The van der Waals surface area contributed by atoms with Gasteiger partial charge in [-0.25, -0.2) is 4.79 Å². The fourth-order valence-corrected chi connectivity index (χ4v) is 3.31. The Morgan fingerprint density at radius 2 is 2.00 bits per heavy atom. The van der Waals surface area contributed by atoms with Crippen LogP contribution in [0.3, 0.4) is 0 Å². The quantitative estimate of drug-likeness (QED) is 0.819. The summed E-state index contributed by atoms with van der Waals surface area (Å²) in [6.45, 7) is 1.47. The zero-order valence-corrected chi connectivity index (χ0v) is 12.5. The molecular weight excluding hydrogens is 320 g/mol. The average Bonchev–Trinajstić information content (AvgIpc) is 2.40. The van der Waals surface area contributed by atoms with E-state index in [1.807, 2.05) is 0 Å². The smallest absolute Gasteiger partial charge is 0.325 e. The van der Waals surface area contributed by atoms with E-state index in [0.717, 1.165) is 11.1 Å². The van der Waals surface area contributed by atoms with Crippen molar-refractivity contribution in [2.75, 3.05) is 0 Å². The van der Waals surface area contributed by atoms with Crippen molar-refractivity contribution in [1.29, 1.82) is 0 Å². The van der Waals surface area contributed by atoms with Gasteiger partial charge in [0.05, 0.1) is 5.03 Å². The molecule has 1 aromatic rings. The number of ether oxygens (including phenoxy) is 1. The zero-order valence-electron chi connectivity index (χ0n) is 10.9. The molecule has 2 rings (SSSR count). The van der Waals surface area contributed by atoms with E-state index in [2.05, 4.69) is 5.32 Å². The third-order valence-corrected chi connectivity index (χ3v) is 4.27. The highest BCUT2D eigenvalue weighted by Gasteiger charge is 2.42. The minimum Gasteiger partial charge on any atom is -0.471 e. The molecule has 2 amide bonds. The van der Waals surface area contributed by atoms with Crippen LogP contribution in [0.25, 0.3) is 0 Å². The number of nitrogens with zero attached hydrogens (tertiary/aromatic N) is 1. The van der Waals surface area contributed by atoms with Gasteiger partial charge in [0.25, 0.3) is 10.1 Å². The molecule has 2 N–H and O–H groups in total. The van der Waals surface area contributed by atoms with Crippen LogP contribution in [0, 0.1) is 0 Å². The third kappa shape index (κ3) is 3.46. The minimum atomic E-state index is -4.61. The predicted octanol–water partition coefficient (Wildman–Crippen LogP) is 1.73. The van der Waals surface area contributed by atoms with Gasteiger partial charge in [-0.15, -0.1) is 0 Å². The average molecular weight is 333 g/mol. The van der Waals surface area contributed by atoms with E-state index in [1.165, 1.54) is 6.92 Å². The second-order valence-electron chi connectivity index (χ2n) is 4.28. The number of carbonyl (C=O) groups is 1. The Bertz CT molecular complexity index is 661. The summed E-state index contributed by atoms with van der Waals surface area (Å²) in [7, 11) is -4.61. The Labute approximate surface area is 126 Å². The number of hydrogen-bond acceptors (Lipinski definition) is 4. The first-order valence-electron chi connectivity index (χ1n) is 5.93. The molecular formula is C12H13ClN2O5S. The van der Waals surface area contributed by atoms with Gasteiger partial charge in [0, 0.05) is 6.20 Å². The van der Waals surface area contributed by atoms with Crippen molar-refractivity contribution in [1.82, 2.24) is 10.2 Å². The normalized spacial score (nSPS) is 20.5. The molecule has 1 aliphatic heterocycles. The van der Waals surface area contributed by atoms with E-state index in [-0.39, 0.29) is 5.03 Å². The molecule has 0 aromatic heterocycles. The van der Waals surface area contributed by atoms with Crippen molar-refractivity contribution in [2.24, 2.45) is 0 Å². The Kier molecular flexibility index (Phi) is 4.40. The summed E-state index contributed by atoms with van der Waals surface area (Å²) in [5.41, 5.74) is 0. The molecule has 0 spiro atoms. The van der Waals surface area contributed by atoms with Crippen LogP contribution in [0.15, 0.2) is 41.6 Å². The van der Waals surface area contributed by atoms with Gasteiger partial charge in [0.15, 0.2) is 6.23 Å². The summed E-state index contributed by atoms with van der Waals surface area (Å²) in [6.07, 6.45) is 0.0513. The van der Waals surface area contributed by atoms with E-state index < -0.39 is 27.8 Å². The maximum atomic E-state index is 11.9. The topological polar surface area (TPSA) is 95.9 Å². The molecule has 7 nitrogen and oxygen atoms in total. The molecule has 1 aliphatic rings. The van der Waals surface area contributed by atoms with E-state index in [1.54, 1.807) is 30.3 Å². The van der Waals surface area contributed by atoms with Gasteiger partial charge < -0.3 is 10.1 Å². The molecule has 1 aromatic carbocycles. The number of nitrogens with one attached hydrogen (secondary N) is 1. The monoisotopic (exact) mass is 332 g/mol. The first kappa shape index (κ1) is 15.6. The number of urea groups is 1. The summed E-state index contributed by atoms with van der Waals surface area (Å²) in [4.78, 5) is 12.7. The van der Waals surface area contributed by atoms with Gasteiger partial charge in [-0.1, -0.05) is 29.8 Å². The van der Waals surface area contributed by atoms with Gasteiger partial charge in [0.2, 0.25) is 5.37 Å². The van der Waals surface area contributed by atoms with Crippen molar-refractivity contribution in [3.8, 4) is 5.75 Å². The molecule has 2 unspecified atom stereocenters. The number of hydrogen-bond donors (Lipinski definition) is 2. The van der Waals surface area contributed by atoms with Crippen molar-refractivity contribution in [3.63, 3.8) is 0 Å². The Hall–Kier alpha value is -1.77. The highest BCUT2D eigenvalue weighted by molar-refractivity contribution is 7.86. The summed E-state index contributed by atoms with van der Waals surface area (Å²) < 4.78 is 37.7. The zero-order chi connectivity index (χ0) is 15.6. The number of benzene rings is 1. The lowest BCUT2D eigenvalue weighted by Crippen LogP contribution is -2.57. The standard InChI is InChI=1S/C12H13ClN2O5S/c1-8(20-9-5-3-2-4-6-9)15-11(21(17,18)19)10(13)7-14-12(15)16/h2-8,11H,1H3,(H,14,16)(H,17,18,19). The molecule has 0 aliphatic carbocycles. The molecule has 21 heavy (non-hydrogen) atoms. The predicted molar refractivity (Wildman–Crippen MR) is 76.2 cm³/mol. The van der Waals surface area contributed by atoms with E-state index >= 15 is 0 Å². The van der Waals surface area contributed by atoms with Gasteiger partial charge in [-0.2, -0.15) is 8.42 Å². The highest BCUT2D eigenvalue weighted by atomic mass is 35.5. The number of rotatable bonds is 4. The lowest BCUT2D eigenvalue weighted by Gasteiger charge is -2.36. The molecule has 0 saturated carbocycles. The summed E-state index contributed by atoms with van der Waals surface area (Å²) >= 11 is 5.78. The van der Waals surface area contributed by atoms with Crippen molar-refractivity contribution in [2.45, 2.75) is 18.5 Å². The molecule has 0 saturated heterocycles. The van der Waals surface area contributed by atoms with Crippen LogP contribution >= 0.6 is 11.6 Å². The third-order valence-electron chi connectivity index (χ3n) is 2.78. The Morgan fingerprint density at radius 1 is 1.38 bits per heavy atom. The van der Waals surface area contributed by atoms with Gasteiger partial charge >= 0.3 is 6.03 Å². The molecule has 2 atom stereocenters. The van der Waals surface area contributed by atoms with Gasteiger partial charge in [-0.05, 0) is 19.1 Å². The van der Waals surface area contributed by atoms with Crippen LogP contribution in [-0.4, -0.2) is 35.5 Å². The molecule has 0 fully saturated rings. The van der Waals surface area contributed by atoms with Gasteiger partial charge in [-0.3, -0.25) is 9.45 Å². The largest absolute Gasteiger partial charge is 0.471 e. The fourth-order valence-electron chi connectivity index (χ4n) is 1.91. The van der Waals surface area contributed by atoms with Crippen molar-refractivity contribution in [3.05, 3.63) is 41.6 Å². The first-order chi connectivity index (χ1) is 9.80. The second-order valence-corrected chi connectivity index (χ2v) is 6.20. The molecule has 0 bridgehead atoms. The minimum absolute atomic E-state index is 0.236. The summed E-state index contributed by atoms with van der Waals surface area (Å²) in [5.74, 6) is 0.442. The summed E-state index contributed by atoms with van der Waals surface area (Å²) in [5, 5.41) is 0.350. The lowest BCUT2D eigenvalue weighted by atomic mass is 10.3. The maximum absolute atomic E-state index is 11.9. The van der Waals surface area contributed by atoms with E-state index in [0.29, 0.717) is 5.75 Å². The molecule has 0 radical (unpaired) electrons. The Morgan fingerprint density at radius 3 is 2.57 bits per heavy atom. The van der Waals surface area contributed by atoms with Crippen LogP contribution in [0.4, 0.5) is 4.79 Å². The van der Waals surface area contributed by atoms with Crippen LogP contribution in [0.2, 0.25) is 0 Å². The van der Waals surface area contributed by atoms with Crippen molar-refractivity contribution < 1.29 is 22.5 Å². The SMILES string of the molecule is CC(Oc1ccccc1)N1C(=O)NC=C(Cl)C1S(=O)(=O)O. The van der Waals surface area contributed by atoms with E-state index in [4.69, 9.17) is 16.3 Å². The number of halogens is 1. The van der Waals surface area contributed by atoms with Crippen LogP contribution in [-0.2, 0) is 10.1 Å². The van der Waals surface area contributed by atoms with Crippen LogP contribution in [0.1, 0.15) is 6.92 Å². The lowest BCUT2D eigenvalue weighted by molar-refractivity contribution is 0.0604. The second kappa shape index (κ2) is 5.92. The molecule has 9 heteroatoms. The number of carbonyl (C=O) groups excluding carboxylic acids is 1. The maximum Gasteiger partial charge on any atom is 0.325 e. The van der Waals surface area contributed by atoms with E-state index in [9.17, 15) is 17.8 Å². The first-order valence-corrected chi connectivity index (χ1v) is 7.81. The molecule has 114 valence electrons. The fraction of sp³-hybridized carbons (Fsp3) is 0.250. The van der Waals surface area contributed by atoms with Crippen LogP contribution in [0.5, 0.6) is 5.75 Å².